The lowest BCUT2D eigenvalue weighted by Gasteiger charge is -2.11. The molecule has 0 unspecified atom stereocenters. The maximum atomic E-state index is 6.04. The van der Waals surface area contributed by atoms with Crippen LogP contribution in [0.4, 0.5) is 0 Å². The average molecular weight is 401 g/mol. The van der Waals surface area contributed by atoms with Crippen LogP contribution in [0.15, 0.2) is 72.8 Å². The predicted octanol–water partition coefficient (Wildman–Crippen LogP) is 7.08. The van der Waals surface area contributed by atoms with Crippen LogP contribution in [0.2, 0.25) is 0 Å². The number of para-hydroxylation sites is 1. The fourth-order valence-electron chi connectivity index (χ4n) is 3.50. The van der Waals surface area contributed by atoms with Crippen LogP contribution >= 0.6 is 0 Å². The van der Waals surface area contributed by atoms with Gasteiger partial charge in [0.2, 0.25) is 0 Å². The lowest BCUT2D eigenvalue weighted by Crippen LogP contribution is -2.01. The number of hydrogen-bond acceptors (Lipinski definition) is 3. The Labute approximate surface area is 178 Å². The van der Waals surface area contributed by atoms with E-state index in [4.69, 9.17) is 14.5 Å². The minimum absolute atomic E-state index is 0.723. The third kappa shape index (κ3) is 4.48. The van der Waals surface area contributed by atoms with E-state index in [1.807, 2.05) is 48.5 Å². The Morgan fingerprint density at radius 2 is 1.63 bits per heavy atom. The number of benzene rings is 3. The summed E-state index contributed by atoms with van der Waals surface area (Å²) in [5.41, 5.74) is 3.15. The minimum atomic E-state index is 0.723. The number of aryl methyl sites for hydroxylation is 1. The summed E-state index contributed by atoms with van der Waals surface area (Å²) in [6, 6.07) is 24.2. The van der Waals surface area contributed by atoms with Gasteiger partial charge in [0.05, 0.1) is 17.6 Å². The molecule has 0 aliphatic rings. The van der Waals surface area contributed by atoms with Crippen molar-refractivity contribution >= 4 is 11.0 Å². The number of imidazole rings is 1. The summed E-state index contributed by atoms with van der Waals surface area (Å²) in [5, 5.41) is 0. The third-order valence-corrected chi connectivity index (χ3v) is 5.00. The van der Waals surface area contributed by atoms with Crippen molar-refractivity contribution in [3.05, 3.63) is 72.8 Å². The molecular formula is C26H28N2O2. The second kappa shape index (κ2) is 9.49. The molecule has 30 heavy (non-hydrogen) atoms. The molecule has 0 saturated carbocycles. The monoisotopic (exact) mass is 400 g/mol. The molecule has 0 atom stereocenters. The molecule has 4 aromatic rings. The Bertz CT molecular complexity index is 1100. The van der Waals surface area contributed by atoms with E-state index in [9.17, 15) is 0 Å². The van der Waals surface area contributed by atoms with Crippen LogP contribution in [0.1, 0.15) is 33.1 Å². The van der Waals surface area contributed by atoms with E-state index < -0.39 is 0 Å². The Morgan fingerprint density at radius 3 is 2.43 bits per heavy atom. The summed E-state index contributed by atoms with van der Waals surface area (Å²) < 4.78 is 14.2. The van der Waals surface area contributed by atoms with E-state index in [0.717, 1.165) is 72.1 Å². The number of unbranched alkanes of at least 4 members (excludes halogenated alkanes) is 1. The van der Waals surface area contributed by atoms with Crippen LogP contribution in [0.25, 0.3) is 22.4 Å². The summed E-state index contributed by atoms with van der Waals surface area (Å²) in [6.45, 7) is 5.97. The van der Waals surface area contributed by atoms with Gasteiger partial charge in [-0.25, -0.2) is 4.98 Å². The molecule has 154 valence electrons. The largest absolute Gasteiger partial charge is 0.494 e. The molecule has 0 bridgehead atoms. The van der Waals surface area contributed by atoms with E-state index in [0.29, 0.717) is 0 Å². The van der Waals surface area contributed by atoms with Crippen molar-refractivity contribution in [1.29, 1.82) is 0 Å². The van der Waals surface area contributed by atoms with Crippen LogP contribution < -0.4 is 9.47 Å². The fraction of sp³-hybridized carbons (Fsp3) is 0.269. The summed E-state index contributed by atoms with van der Waals surface area (Å²) in [7, 11) is 0. The van der Waals surface area contributed by atoms with Crippen LogP contribution in [0.3, 0.4) is 0 Å². The first-order valence-corrected chi connectivity index (χ1v) is 10.7. The molecule has 4 rings (SSSR count). The fourth-order valence-corrected chi connectivity index (χ4v) is 3.50. The number of nitrogens with zero attached hydrogens (tertiary/aromatic N) is 2. The first kappa shape index (κ1) is 20.0. The van der Waals surface area contributed by atoms with E-state index in [1.54, 1.807) is 0 Å². The van der Waals surface area contributed by atoms with E-state index >= 15 is 0 Å². The number of aromatic nitrogens is 2. The van der Waals surface area contributed by atoms with Gasteiger partial charge in [-0.05, 0) is 49.2 Å². The molecule has 0 radical (unpaired) electrons. The maximum Gasteiger partial charge on any atom is 0.141 e. The Balaban J connectivity index is 1.72. The summed E-state index contributed by atoms with van der Waals surface area (Å²) >= 11 is 0. The number of hydrogen-bond donors (Lipinski definition) is 0. The highest BCUT2D eigenvalue weighted by molar-refractivity contribution is 5.82. The highest BCUT2D eigenvalue weighted by atomic mass is 16.5. The lowest BCUT2D eigenvalue weighted by molar-refractivity contribution is 0.318. The summed E-state index contributed by atoms with van der Waals surface area (Å²) in [6.07, 6.45) is 3.22. The van der Waals surface area contributed by atoms with Crippen molar-refractivity contribution in [2.75, 3.05) is 6.61 Å². The molecule has 0 N–H and O–H groups in total. The van der Waals surface area contributed by atoms with Crippen molar-refractivity contribution in [3.63, 3.8) is 0 Å². The minimum Gasteiger partial charge on any atom is -0.494 e. The zero-order chi connectivity index (χ0) is 20.8. The molecule has 4 heteroatoms. The quantitative estimate of drug-likeness (QED) is 0.301. The van der Waals surface area contributed by atoms with E-state index in [1.165, 1.54) is 0 Å². The molecule has 3 aromatic carbocycles. The molecule has 4 nitrogen and oxygen atoms in total. The molecule has 1 heterocycles. The Kier molecular flexibility index (Phi) is 6.33. The highest BCUT2D eigenvalue weighted by Crippen LogP contribution is 2.31. The van der Waals surface area contributed by atoms with E-state index in [-0.39, 0.29) is 0 Å². The van der Waals surface area contributed by atoms with Crippen LogP contribution in [0, 0.1) is 0 Å². The van der Waals surface area contributed by atoms with E-state index in [2.05, 4.69) is 42.7 Å². The van der Waals surface area contributed by atoms with Gasteiger partial charge in [-0.2, -0.15) is 0 Å². The zero-order valence-electron chi connectivity index (χ0n) is 17.7. The molecule has 0 amide bonds. The van der Waals surface area contributed by atoms with Gasteiger partial charge in [-0.3, -0.25) is 0 Å². The SMILES string of the molecule is CCCCn1c(-c2cccc(Oc3ccccc3)c2)nc2ccc(OCCC)cc21. The maximum absolute atomic E-state index is 6.04. The zero-order valence-corrected chi connectivity index (χ0v) is 17.7. The van der Waals surface area contributed by atoms with Gasteiger partial charge < -0.3 is 14.0 Å². The normalized spacial score (nSPS) is 11.0. The van der Waals surface area contributed by atoms with Crippen molar-refractivity contribution in [1.82, 2.24) is 9.55 Å². The van der Waals surface area contributed by atoms with Crippen molar-refractivity contribution in [2.45, 2.75) is 39.7 Å². The lowest BCUT2D eigenvalue weighted by atomic mass is 10.2. The Hall–Kier alpha value is -3.27. The van der Waals surface area contributed by atoms with Gasteiger partial charge in [0, 0.05) is 18.2 Å². The van der Waals surface area contributed by atoms with Crippen molar-refractivity contribution in [3.8, 4) is 28.6 Å². The smallest absolute Gasteiger partial charge is 0.141 e. The summed E-state index contributed by atoms with van der Waals surface area (Å²) in [4.78, 5) is 4.96. The van der Waals surface area contributed by atoms with Gasteiger partial charge in [0.15, 0.2) is 0 Å². The molecule has 1 aromatic heterocycles. The molecule has 0 spiro atoms. The molecule has 0 aliphatic carbocycles. The first-order valence-electron chi connectivity index (χ1n) is 10.7. The predicted molar refractivity (Wildman–Crippen MR) is 122 cm³/mol. The number of rotatable bonds is 9. The molecular weight excluding hydrogens is 372 g/mol. The van der Waals surface area contributed by atoms with Gasteiger partial charge >= 0.3 is 0 Å². The van der Waals surface area contributed by atoms with Crippen LogP contribution in [0.5, 0.6) is 17.2 Å². The molecule has 0 aliphatic heterocycles. The second-order valence-corrected chi connectivity index (χ2v) is 7.38. The van der Waals surface area contributed by atoms with Gasteiger partial charge in [-0.15, -0.1) is 0 Å². The van der Waals surface area contributed by atoms with Gasteiger partial charge in [0.1, 0.15) is 23.1 Å². The second-order valence-electron chi connectivity index (χ2n) is 7.38. The molecule has 0 fully saturated rings. The number of fused-ring (bicyclic) bond motifs is 1. The standard InChI is InChI=1S/C26H28N2O2/c1-3-5-16-28-25-19-22(29-17-4-2)14-15-24(25)27-26(28)20-10-9-13-23(18-20)30-21-11-7-6-8-12-21/h6-15,18-19H,3-5,16-17H2,1-2H3. The van der Waals surface area contributed by atoms with Crippen molar-refractivity contribution < 1.29 is 9.47 Å². The van der Waals surface area contributed by atoms with Crippen LogP contribution in [-0.4, -0.2) is 16.2 Å². The Morgan fingerprint density at radius 1 is 0.800 bits per heavy atom. The third-order valence-electron chi connectivity index (χ3n) is 5.00. The highest BCUT2D eigenvalue weighted by Gasteiger charge is 2.14. The van der Waals surface area contributed by atoms with Gasteiger partial charge in [-0.1, -0.05) is 50.6 Å². The van der Waals surface area contributed by atoms with Crippen LogP contribution in [-0.2, 0) is 6.54 Å². The van der Waals surface area contributed by atoms with Gasteiger partial charge in [0.25, 0.3) is 0 Å². The molecule has 0 saturated heterocycles. The topological polar surface area (TPSA) is 36.3 Å². The van der Waals surface area contributed by atoms with Crippen molar-refractivity contribution in [2.24, 2.45) is 0 Å². The first-order chi connectivity index (χ1) is 14.8. The summed E-state index contributed by atoms with van der Waals surface area (Å²) in [5.74, 6) is 3.49. The number of ether oxygens (including phenoxy) is 2. The average Bonchev–Trinajstić information content (AvgIpc) is 3.15.